The molecule has 0 unspecified atom stereocenters. The SMILES string of the molecule is C[C@@H]1O[C@@](O)(c2ccccc2)[C@@]2(C)C(=O)O[C@@]12c1ccccc1. The Kier molecular flexibility index (Phi) is 2.78. The molecule has 0 radical (unpaired) electrons. The summed E-state index contributed by atoms with van der Waals surface area (Å²) in [5.41, 5.74) is -0.803. The second kappa shape index (κ2) is 4.43. The number of carbonyl (C=O) groups is 1. The maximum atomic E-state index is 12.5. The minimum atomic E-state index is -1.72. The van der Waals surface area contributed by atoms with E-state index in [1.165, 1.54) is 0 Å². The lowest BCUT2D eigenvalue weighted by Crippen LogP contribution is -2.68. The highest BCUT2D eigenvalue weighted by atomic mass is 16.7. The minimum Gasteiger partial charge on any atom is -0.449 e. The van der Waals surface area contributed by atoms with Crippen LogP contribution in [0.5, 0.6) is 0 Å². The zero-order valence-electron chi connectivity index (χ0n) is 13.0. The van der Waals surface area contributed by atoms with Gasteiger partial charge in [-0.05, 0) is 19.4 Å². The Labute approximate surface area is 134 Å². The third kappa shape index (κ3) is 1.45. The number of aliphatic hydroxyl groups is 1. The van der Waals surface area contributed by atoms with Crippen LogP contribution in [-0.2, 0) is 25.7 Å². The Hall–Kier alpha value is -2.17. The second-order valence-corrected chi connectivity index (χ2v) is 6.39. The number of carbonyl (C=O) groups excluding carboxylic acids is 1. The van der Waals surface area contributed by atoms with Crippen LogP contribution in [0.15, 0.2) is 60.7 Å². The van der Waals surface area contributed by atoms with Crippen molar-refractivity contribution in [3.05, 3.63) is 71.8 Å². The van der Waals surface area contributed by atoms with Gasteiger partial charge in [0.05, 0.1) is 0 Å². The molecule has 0 spiro atoms. The molecule has 4 heteroatoms. The number of fused-ring (bicyclic) bond motifs is 1. The summed E-state index contributed by atoms with van der Waals surface area (Å²) in [6.07, 6.45) is -0.474. The van der Waals surface area contributed by atoms with Gasteiger partial charge in [-0.1, -0.05) is 60.7 Å². The molecule has 2 aliphatic heterocycles. The topological polar surface area (TPSA) is 55.8 Å². The van der Waals surface area contributed by atoms with Crippen LogP contribution in [0, 0.1) is 5.41 Å². The van der Waals surface area contributed by atoms with Gasteiger partial charge in [-0.25, -0.2) is 0 Å². The summed E-state index contributed by atoms with van der Waals surface area (Å²) in [4.78, 5) is 12.5. The summed E-state index contributed by atoms with van der Waals surface area (Å²) in [6.45, 7) is 3.56. The van der Waals surface area contributed by atoms with E-state index in [1.54, 1.807) is 19.1 Å². The molecule has 2 fully saturated rings. The van der Waals surface area contributed by atoms with Gasteiger partial charge >= 0.3 is 5.97 Å². The van der Waals surface area contributed by atoms with E-state index in [-0.39, 0.29) is 0 Å². The molecule has 0 aromatic heterocycles. The van der Waals surface area contributed by atoms with Crippen molar-refractivity contribution in [1.29, 1.82) is 0 Å². The summed E-state index contributed by atoms with van der Waals surface area (Å²) in [5, 5.41) is 11.4. The molecule has 1 N–H and O–H groups in total. The van der Waals surface area contributed by atoms with E-state index in [2.05, 4.69) is 0 Å². The van der Waals surface area contributed by atoms with Gasteiger partial charge in [0.1, 0.15) is 6.10 Å². The van der Waals surface area contributed by atoms with Crippen molar-refractivity contribution in [1.82, 2.24) is 0 Å². The Morgan fingerprint density at radius 2 is 1.48 bits per heavy atom. The normalized spacial score (nSPS) is 38.6. The number of rotatable bonds is 2. The predicted molar refractivity (Wildman–Crippen MR) is 83.2 cm³/mol. The lowest BCUT2D eigenvalue weighted by Gasteiger charge is -2.54. The lowest BCUT2D eigenvalue weighted by molar-refractivity contribution is -0.287. The van der Waals surface area contributed by atoms with Crippen molar-refractivity contribution in [2.24, 2.45) is 5.41 Å². The van der Waals surface area contributed by atoms with Crippen LogP contribution in [0.1, 0.15) is 25.0 Å². The summed E-state index contributed by atoms with van der Waals surface area (Å²) >= 11 is 0. The largest absolute Gasteiger partial charge is 0.449 e. The molecule has 2 saturated heterocycles. The van der Waals surface area contributed by atoms with Crippen LogP contribution in [-0.4, -0.2) is 17.2 Å². The molecule has 2 aliphatic rings. The zero-order valence-corrected chi connectivity index (χ0v) is 13.0. The van der Waals surface area contributed by atoms with Crippen LogP contribution in [0.4, 0.5) is 0 Å². The van der Waals surface area contributed by atoms with Crippen molar-refractivity contribution in [2.75, 3.05) is 0 Å². The highest BCUT2D eigenvalue weighted by Gasteiger charge is 2.84. The Morgan fingerprint density at radius 1 is 0.957 bits per heavy atom. The quantitative estimate of drug-likeness (QED) is 0.867. The second-order valence-electron chi connectivity index (χ2n) is 6.39. The van der Waals surface area contributed by atoms with E-state index >= 15 is 0 Å². The summed E-state index contributed by atoms with van der Waals surface area (Å²) in [7, 11) is 0. The molecule has 0 aliphatic carbocycles. The fourth-order valence-corrected chi connectivity index (χ4v) is 4.08. The van der Waals surface area contributed by atoms with Gasteiger partial charge in [-0.2, -0.15) is 0 Å². The van der Waals surface area contributed by atoms with E-state index in [9.17, 15) is 9.90 Å². The number of hydrogen-bond acceptors (Lipinski definition) is 4. The van der Waals surface area contributed by atoms with Gasteiger partial charge in [-0.15, -0.1) is 0 Å². The van der Waals surface area contributed by atoms with Gasteiger partial charge in [-0.3, -0.25) is 4.79 Å². The molecule has 4 atom stereocenters. The van der Waals surface area contributed by atoms with Gasteiger partial charge in [0.15, 0.2) is 11.0 Å². The molecule has 0 amide bonds. The first-order valence-electron chi connectivity index (χ1n) is 7.71. The number of hydrogen-bond donors (Lipinski definition) is 1. The monoisotopic (exact) mass is 310 g/mol. The van der Waals surface area contributed by atoms with E-state index in [1.807, 2.05) is 55.5 Å². The van der Waals surface area contributed by atoms with Crippen LogP contribution < -0.4 is 0 Å². The molecular weight excluding hydrogens is 292 g/mol. The first-order chi connectivity index (χ1) is 11.0. The Morgan fingerprint density at radius 3 is 2.00 bits per heavy atom. The molecule has 2 aromatic carbocycles. The summed E-state index contributed by atoms with van der Waals surface area (Å²) < 4.78 is 11.6. The molecule has 118 valence electrons. The van der Waals surface area contributed by atoms with E-state index < -0.39 is 28.9 Å². The van der Waals surface area contributed by atoms with E-state index in [4.69, 9.17) is 9.47 Å². The molecule has 0 saturated carbocycles. The Balaban J connectivity index is 1.93. The average molecular weight is 310 g/mol. The number of ether oxygens (including phenoxy) is 2. The van der Waals surface area contributed by atoms with Crippen molar-refractivity contribution in [3.8, 4) is 0 Å². The van der Waals surface area contributed by atoms with E-state index in [0.717, 1.165) is 5.56 Å². The fourth-order valence-electron chi connectivity index (χ4n) is 4.08. The van der Waals surface area contributed by atoms with Gasteiger partial charge in [0, 0.05) is 5.56 Å². The summed E-state index contributed by atoms with van der Waals surface area (Å²) in [6, 6.07) is 18.5. The highest BCUT2D eigenvalue weighted by Crippen LogP contribution is 2.69. The number of benzene rings is 2. The third-order valence-electron chi connectivity index (χ3n) is 5.37. The average Bonchev–Trinajstić information content (AvgIpc) is 2.73. The Bertz CT molecular complexity index is 759. The minimum absolute atomic E-state index is 0.447. The molecule has 4 rings (SSSR count). The van der Waals surface area contributed by atoms with Crippen LogP contribution in [0.25, 0.3) is 0 Å². The third-order valence-corrected chi connectivity index (χ3v) is 5.37. The molecule has 4 nitrogen and oxygen atoms in total. The first kappa shape index (κ1) is 14.4. The van der Waals surface area contributed by atoms with Gasteiger partial charge in [0.2, 0.25) is 5.79 Å². The van der Waals surface area contributed by atoms with Crippen molar-refractivity contribution in [3.63, 3.8) is 0 Å². The first-order valence-corrected chi connectivity index (χ1v) is 7.71. The van der Waals surface area contributed by atoms with Gasteiger partial charge in [0.25, 0.3) is 0 Å². The smallest absolute Gasteiger partial charge is 0.323 e. The number of esters is 1. The lowest BCUT2D eigenvalue weighted by atomic mass is 9.59. The molecular formula is C19H18O4. The fraction of sp³-hybridized carbons (Fsp3) is 0.316. The van der Waals surface area contributed by atoms with Gasteiger partial charge < -0.3 is 14.6 Å². The maximum Gasteiger partial charge on any atom is 0.323 e. The van der Waals surface area contributed by atoms with Crippen molar-refractivity contribution < 1.29 is 19.4 Å². The molecule has 23 heavy (non-hydrogen) atoms. The molecule has 0 bridgehead atoms. The van der Waals surface area contributed by atoms with Crippen LogP contribution in [0.3, 0.4) is 0 Å². The zero-order chi connectivity index (χ0) is 16.3. The molecule has 2 heterocycles. The standard InChI is InChI=1S/C19H18O4/c1-13-18(14-9-5-3-6-10-14)17(2,16(20)23-18)19(21,22-13)15-11-7-4-8-12-15/h3-13,21H,1-2H3/t13-,17-,18+,19-/m0/s1. The van der Waals surface area contributed by atoms with Crippen LogP contribution >= 0.6 is 0 Å². The molecule has 2 aromatic rings. The highest BCUT2D eigenvalue weighted by molar-refractivity contribution is 5.88. The van der Waals surface area contributed by atoms with Crippen molar-refractivity contribution >= 4 is 5.97 Å². The predicted octanol–water partition coefficient (Wildman–Crippen LogP) is 2.71. The maximum absolute atomic E-state index is 12.5. The van der Waals surface area contributed by atoms with Crippen LogP contribution in [0.2, 0.25) is 0 Å². The summed E-state index contributed by atoms with van der Waals surface area (Å²) in [5.74, 6) is -2.17. The van der Waals surface area contributed by atoms with Crippen molar-refractivity contribution in [2.45, 2.75) is 31.3 Å². The van der Waals surface area contributed by atoms with E-state index in [0.29, 0.717) is 5.56 Å².